The molecular formula is C15H12O3S. The van der Waals surface area contributed by atoms with Crippen LogP contribution >= 0.6 is 11.8 Å². The number of benzene rings is 2. The van der Waals surface area contributed by atoms with Crippen LogP contribution in [0.1, 0.15) is 17.3 Å². The minimum atomic E-state index is -0.431. The molecule has 2 aromatic rings. The van der Waals surface area contributed by atoms with E-state index in [-0.39, 0.29) is 5.12 Å². The van der Waals surface area contributed by atoms with Gasteiger partial charge in [-0.25, -0.2) is 4.79 Å². The van der Waals surface area contributed by atoms with Crippen molar-refractivity contribution in [2.45, 2.75) is 11.8 Å². The smallest absolute Gasteiger partial charge is 0.342 e. The highest BCUT2D eigenvalue weighted by atomic mass is 32.2. The second kappa shape index (κ2) is 5.71. The Bertz CT molecular complexity index is 661. The monoisotopic (exact) mass is 272 g/mol. The van der Waals surface area contributed by atoms with Crippen molar-refractivity contribution >= 4 is 33.6 Å². The maximum atomic E-state index is 11.6. The molecule has 0 aliphatic rings. The first-order valence-corrected chi connectivity index (χ1v) is 6.46. The van der Waals surface area contributed by atoms with Gasteiger partial charge in [0.25, 0.3) is 0 Å². The van der Waals surface area contributed by atoms with Gasteiger partial charge in [0.15, 0.2) is 5.12 Å². The summed E-state index contributed by atoms with van der Waals surface area (Å²) in [7, 11) is 0. The Morgan fingerprint density at radius 1 is 1.16 bits per heavy atom. The summed E-state index contributed by atoms with van der Waals surface area (Å²) >= 11 is 1.19. The number of carbonyl (C=O) groups excluding carboxylic acids is 2. The molecule has 0 aromatic heterocycles. The third-order valence-electron chi connectivity index (χ3n) is 2.50. The third-order valence-corrected chi connectivity index (χ3v) is 3.28. The van der Waals surface area contributed by atoms with Gasteiger partial charge in [-0.1, -0.05) is 30.5 Å². The lowest BCUT2D eigenvalue weighted by molar-refractivity contribution is -0.109. The summed E-state index contributed by atoms with van der Waals surface area (Å²) in [4.78, 5) is 23.5. The lowest BCUT2D eigenvalue weighted by Gasteiger charge is -2.04. The van der Waals surface area contributed by atoms with Gasteiger partial charge in [-0.3, -0.25) is 4.79 Å². The quantitative estimate of drug-likeness (QED) is 0.484. The van der Waals surface area contributed by atoms with Crippen molar-refractivity contribution in [3.8, 4) is 0 Å². The Kier molecular flexibility index (Phi) is 4.02. The zero-order valence-corrected chi connectivity index (χ0v) is 11.2. The van der Waals surface area contributed by atoms with Crippen molar-refractivity contribution in [2.24, 2.45) is 0 Å². The van der Waals surface area contributed by atoms with E-state index in [1.165, 1.54) is 18.7 Å². The molecule has 96 valence electrons. The molecule has 4 heteroatoms. The standard InChI is InChI=1S/C15H12O3S/c1-3-18-15(17)13-5-4-12-9-14(19-10(2)16)7-6-11(12)8-13/h3-9H,1H2,2H3. The highest BCUT2D eigenvalue weighted by Gasteiger charge is 2.07. The molecule has 0 spiro atoms. The highest BCUT2D eigenvalue weighted by molar-refractivity contribution is 8.13. The largest absolute Gasteiger partial charge is 0.432 e. The van der Waals surface area contributed by atoms with Gasteiger partial charge in [-0.05, 0) is 35.0 Å². The summed E-state index contributed by atoms with van der Waals surface area (Å²) in [5, 5.41) is 1.94. The van der Waals surface area contributed by atoms with Crippen molar-refractivity contribution in [1.82, 2.24) is 0 Å². The van der Waals surface area contributed by atoms with Gasteiger partial charge in [0.2, 0.25) is 0 Å². The molecule has 0 saturated heterocycles. The zero-order valence-electron chi connectivity index (χ0n) is 10.4. The molecule has 2 rings (SSSR count). The minimum Gasteiger partial charge on any atom is -0.432 e. The molecule has 0 N–H and O–H groups in total. The van der Waals surface area contributed by atoms with Crippen LogP contribution in [0.15, 0.2) is 54.1 Å². The first kappa shape index (κ1) is 13.4. The molecule has 0 radical (unpaired) electrons. The molecule has 3 nitrogen and oxygen atoms in total. The molecule has 0 atom stereocenters. The van der Waals surface area contributed by atoms with E-state index < -0.39 is 5.97 Å². The zero-order chi connectivity index (χ0) is 13.8. The number of carbonyl (C=O) groups is 2. The fraction of sp³-hybridized carbons (Fsp3) is 0.0667. The molecule has 19 heavy (non-hydrogen) atoms. The number of ether oxygens (including phenoxy) is 1. The van der Waals surface area contributed by atoms with Gasteiger partial charge in [0, 0.05) is 11.8 Å². The summed E-state index contributed by atoms with van der Waals surface area (Å²) in [5.41, 5.74) is 0.472. The van der Waals surface area contributed by atoms with Gasteiger partial charge < -0.3 is 4.74 Å². The van der Waals surface area contributed by atoms with E-state index in [9.17, 15) is 9.59 Å². The van der Waals surface area contributed by atoms with E-state index in [1.54, 1.807) is 12.1 Å². The van der Waals surface area contributed by atoms with Crippen LogP contribution < -0.4 is 0 Å². The van der Waals surface area contributed by atoms with Crippen molar-refractivity contribution < 1.29 is 14.3 Å². The van der Waals surface area contributed by atoms with E-state index in [0.29, 0.717) is 5.56 Å². The van der Waals surface area contributed by atoms with E-state index in [2.05, 4.69) is 6.58 Å². The summed E-state index contributed by atoms with van der Waals surface area (Å²) in [6, 6.07) is 10.9. The van der Waals surface area contributed by atoms with Crippen LogP contribution in [-0.4, -0.2) is 11.1 Å². The van der Waals surface area contributed by atoms with Gasteiger partial charge in [0.1, 0.15) is 0 Å². The van der Waals surface area contributed by atoms with Gasteiger partial charge in [-0.15, -0.1) is 0 Å². The Morgan fingerprint density at radius 3 is 2.53 bits per heavy atom. The molecule has 0 fully saturated rings. The second-order valence-corrected chi connectivity index (χ2v) is 5.14. The van der Waals surface area contributed by atoms with Crippen molar-refractivity contribution in [1.29, 1.82) is 0 Å². The van der Waals surface area contributed by atoms with Crippen LogP contribution in [0.2, 0.25) is 0 Å². The molecule has 0 bridgehead atoms. The summed E-state index contributed by atoms with van der Waals surface area (Å²) in [6.45, 7) is 4.88. The average Bonchev–Trinajstić information content (AvgIpc) is 2.37. The third kappa shape index (κ3) is 3.23. The van der Waals surface area contributed by atoms with Gasteiger partial charge in [0.05, 0.1) is 11.8 Å². The van der Waals surface area contributed by atoms with E-state index >= 15 is 0 Å². The SMILES string of the molecule is C=COC(=O)c1ccc2cc(SC(C)=O)ccc2c1. The summed E-state index contributed by atoms with van der Waals surface area (Å²) in [5.74, 6) is -0.431. The predicted molar refractivity (Wildman–Crippen MR) is 76.1 cm³/mol. The van der Waals surface area contributed by atoms with Crippen molar-refractivity contribution in [3.05, 3.63) is 54.8 Å². The maximum Gasteiger partial charge on any atom is 0.342 e. The second-order valence-electron chi connectivity index (χ2n) is 3.89. The fourth-order valence-corrected chi connectivity index (χ4v) is 2.38. The molecule has 0 saturated carbocycles. The number of rotatable bonds is 3. The number of hydrogen-bond acceptors (Lipinski definition) is 4. The molecule has 2 aromatic carbocycles. The fourth-order valence-electron chi connectivity index (χ4n) is 1.72. The number of esters is 1. The Labute approximate surface area is 115 Å². The highest BCUT2D eigenvalue weighted by Crippen LogP contribution is 2.25. The van der Waals surface area contributed by atoms with E-state index in [0.717, 1.165) is 21.9 Å². The Morgan fingerprint density at radius 2 is 1.84 bits per heavy atom. The van der Waals surface area contributed by atoms with Crippen LogP contribution in [-0.2, 0) is 9.53 Å². The van der Waals surface area contributed by atoms with Crippen LogP contribution in [0, 0.1) is 0 Å². The van der Waals surface area contributed by atoms with Crippen molar-refractivity contribution in [2.75, 3.05) is 0 Å². The predicted octanol–water partition coefficient (Wildman–Crippen LogP) is 3.78. The van der Waals surface area contributed by atoms with E-state index in [4.69, 9.17) is 4.74 Å². The number of thioether (sulfide) groups is 1. The average molecular weight is 272 g/mol. The van der Waals surface area contributed by atoms with Crippen molar-refractivity contribution in [3.63, 3.8) is 0 Å². The Hall–Kier alpha value is -2.07. The van der Waals surface area contributed by atoms with Crippen LogP contribution in [0.3, 0.4) is 0 Å². The Balaban J connectivity index is 2.37. The summed E-state index contributed by atoms with van der Waals surface area (Å²) in [6.07, 6.45) is 1.11. The lowest BCUT2D eigenvalue weighted by Crippen LogP contribution is -1.99. The molecule has 0 unspecified atom stereocenters. The topological polar surface area (TPSA) is 43.4 Å². The van der Waals surface area contributed by atoms with Crippen LogP contribution in [0.25, 0.3) is 10.8 Å². The molecule has 0 aliphatic carbocycles. The van der Waals surface area contributed by atoms with Gasteiger partial charge >= 0.3 is 5.97 Å². The number of fused-ring (bicyclic) bond motifs is 1. The molecular weight excluding hydrogens is 260 g/mol. The normalized spacial score (nSPS) is 10.2. The van der Waals surface area contributed by atoms with Crippen LogP contribution in [0.4, 0.5) is 0 Å². The number of hydrogen-bond donors (Lipinski definition) is 0. The minimum absolute atomic E-state index is 0.0468. The van der Waals surface area contributed by atoms with Gasteiger partial charge in [-0.2, -0.15) is 0 Å². The lowest BCUT2D eigenvalue weighted by atomic mass is 10.1. The molecule has 0 heterocycles. The van der Waals surface area contributed by atoms with Crippen LogP contribution in [0.5, 0.6) is 0 Å². The first-order chi connectivity index (χ1) is 9.10. The maximum absolute atomic E-state index is 11.6. The molecule has 0 aliphatic heterocycles. The van der Waals surface area contributed by atoms with E-state index in [1.807, 2.05) is 24.3 Å². The first-order valence-electron chi connectivity index (χ1n) is 5.64. The molecule has 0 amide bonds. The summed E-state index contributed by atoms with van der Waals surface area (Å²) < 4.78 is 4.73.